The van der Waals surface area contributed by atoms with Crippen molar-refractivity contribution in [1.29, 1.82) is 0 Å². The van der Waals surface area contributed by atoms with Crippen molar-refractivity contribution in [3.8, 4) is 0 Å². The molecule has 2 aromatic rings. The Morgan fingerprint density at radius 2 is 2.05 bits per heavy atom. The first kappa shape index (κ1) is 14.2. The molecule has 0 atom stereocenters. The van der Waals surface area contributed by atoms with Crippen LogP contribution in [0, 0.1) is 12.7 Å². The van der Waals surface area contributed by atoms with Gasteiger partial charge in [0.1, 0.15) is 5.82 Å². The highest BCUT2D eigenvalue weighted by Gasteiger charge is 2.10. The van der Waals surface area contributed by atoms with Gasteiger partial charge < -0.3 is 5.32 Å². The largest absolute Gasteiger partial charge is 0.351 e. The van der Waals surface area contributed by atoms with E-state index in [1.165, 1.54) is 23.5 Å². The van der Waals surface area contributed by atoms with E-state index in [2.05, 4.69) is 21.2 Å². The highest BCUT2D eigenvalue weighted by atomic mass is 79.9. The molecule has 0 spiro atoms. The van der Waals surface area contributed by atoms with Crippen LogP contribution in [0.2, 0.25) is 0 Å². The van der Waals surface area contributed by atoms with Crippen molar-refractivity contribution in [3.05, 3.63) is 55.9 Å². The van der Waals surface area contributed by atoms with Crippen LogP contribution in [0.5, 0.6) is 0 Å². The molecule has 100 valence electrons. The van der Waals surface area contributed by atoms with Crippen molar-refractivity contribution in [2.75, 3.05) is 6.54 Å². The fourth-order valence-corrected chi connectivity index (χ4v) is 3.08. The van der Waals surface area contributed by atoms with E-state index in [1.807, 2.05) is 13.0 Å². The van der Waals surface area contributed by atoms with E-state index in [0.717, 1.165) is 14.9 Å². The summed E-state index contributed by atoms with van der Waals surface area (Å²) in [5.74, 6) is -0.312. The fourth-order valence-electron chi connectivity index (χ4n) is 1.63. The summed E-state index contributed by atoms with van der Waals surface area (Å²) in [6.07, 6.45) is 0.692. The molecule has 0 aliphatic carbocycles. The van der Waals surface area contributed by atoms with Crippen LogP contribution >= 0.6 is 27.3 Å². The van der Waals surface area contributed by atoms with Gasteiger partial charge in [0, 0.05) is 6.54 Å². The first-order valence-corrected chi connectivity index (χ1v) is 7.46. The maximum absolute atomic E-state index is 12.7. The van der Waals surface area contributed by atoms with Crippen LogP contribution in [-0.2, 0) is 6.42 Å². The molecular formula is C14H13BrFNOS. The third-order valence-electron chi connectivity index (χ3n) is 2.69. The molecule has 0 saturated carbocycles. The second-order valence-corrected chi connectivity index (χ2v) is 6.57. The number of halogens is 2. The number of benzene rings is 1. The Balaban J connectivity index is 1.85. The van der Waals surface area contributed by atoms with Crippen molar-refractivity contribution in [1.82, 2.24) is 5.32 Å². The molecule has 1 N–H and O–H groups in total. The maximum atomic E-state index is 12.7. The predicted molar refractivity (Wildman–Crippen MR) is 79.2 cm³/mol. The summed E-state index contributed by atoms with van der Waals surface area (Å²) >= 11 is 4.82. The van der Waals surface area contributed by atoms with Crippen molar-refractivity contribution >= 4 is 33.2 Å². The lowest BCUT2D eigenvalue weighted by Gasteiger charge is -2.03. The van der Waals surface area contributed by atoms with E-state index in [-0.39, 0.29) is 11.7 Å². The number of carbonyl (C=O) groups is 1. The van der Waals surface area contributed by atoms with Gasteiger partial charge in [-0.3, -0.25) is 4.79 Å². The predicted octanol–water partition coefficient (Wildman–Crippen LogP) is 3.93. The molecule has 1 amide bonds. The van der Waals surface area contributed by atoms with Crippen molar-refractivity contribution in [2.45, 2.75) is 13.3 Å². The molecule has 5 heteroatoms. The zero-order chi connectivity index (χ0) is 13.8. The number of thiophene rings is 1. The van der Waals surface area contributed by atoms with Gasteiger partial charge in [-0.05, 0) is 58.6 Å². The lowest BCUT2D eigenvalue weighted by molar-refractivity contribution is 0.0958. The zero-order valence-corrected chi connectivity index (χ0v) is 12.8. The Bertz CT molecular complexity index is 560. The van der Waals surface area contributed by atoms with Crippen LogP contribution < -0.4 is 5.32 Å². The SMILES string of the molecule is Cc1cc(C(=O)NCCc2ccc(F)cc2)sc1Br. The Morgan fingerprint density at radius 1 is 1.37 bits per heavy atom. The van der Waals surface area contributed by atoms with Crippen LogP contribution in [0.25, 0.3) is 0 Å². The molecule has 19 heavy (non-hydrogen) atoms. The Labute approximate surface area is 123 Å². The molecule has 0 saturated heterocycles. The average Bonchev–Trinajstić information content (AvgIpc) is 2.72. The summed E-state index contributed by atoms with van der Waals surface area (Å²) in [7, 11) is 0. The molecule has 1 aromatic carbocycles. The second-order valence-electron chi connectivity index (χ2n) is 4.20. The van der Waals surface area contributed by atoms with Gasteiger partial charge in [0.25, 0.3) is 5.91 Å². The number of hydrogen-bond acceptors (Lipinski definition) is 2. The molecule has 0 unspecified atom stereocenters. The number of amides is 1. The normalized spacial score (nSPS) is 10.5. The monoisotopic (exact) mass is 341 g/mol. The summed E-state index contributed by atoms with van der Waals surface area (Å²) in [5, 5.41) is 2.86. The van der Waals surface area contributed by atoms with E-state index < -0.39 is 0 Å². The molecule has 0 aliphatic rings. The zero-order valence-electron chi connectivity index (χ0n) is 10.4. The van der Waals surface area contributed by atoms with Gasteiger partial charge in [-0.15, -0.1) is 11.3 Å². The minimum absolute atomic E-state index is 0.0686. The van der Waals surface area contributed by atoms with E-state index >= 15 is 0 Å². The first-order chi connectivity index (χ1) is 9.06. The van der Waals surface area contributed by atoms with Gasteiger partial charge in [0.2, 0.25) is 0 Å². The quantitative estimate of drug-likeness (QED) is 0.896. The van der Waals surface area contributed by atoms with Crippen LogP contribution in [0.1, 0.15) is 20.8 Å². The Morgan fingerprint density at radius 3 is 2.63 bits per heavy atom. The van der Waals surface area contributed by atoms with Crippen LogP contribution in [0.4, 0.5) is 4.39 Å². The van der Waals surface area contributed by atoms with E-state index in [4.69, 9.17) is 0 Å². The number of carbonyl (C=O) groups excluding carboxylic acids is 1. The van der Waals surface area contributed by atoms with Crippen LogP contribution in [0.3, 0.4) is 0 Å². The summed E-state index contributed by atoms with van der Waals surface area (Å²) in [6, 6.07) is 8.18. The number of hydrogen-bond donors (Lipinski definition) is 1. The molecule has 1 aromatic heterocycles. The van der Waals surface area contributed by atoms with Gasteiger partial charge in [0.05, 0.1) is 8.66 Å². The topological polar surface area (TPSA) is 29.1 Å². The van der Waals surface area contributed by atoms with E-state index in [1.54, 1.807) is 12.1 Å². The van der Waals surface area contributed by atoms with Crippen LogP contribution in [0.15, 0.2) is 34.1 Å². The molecule has 2 nitrogen and oxygen atoms in total. The summed E-state index contributed by atoms with van der Waals surface area (Å²) in [5.41, 5.74) is 2.07. The van der Waals surface area contributed by atoms with Gasteiger partial charge in [-0.1, -0.05) is 12.1 Å². The van der Waals surface area contributed by atoms with Gasteiger partial charge >= 0.3 is 0 Å². The highest BCUT2D eigenvalue weighted by molar-refractivity contribution is 9.11. The minimum atomic E-state index is -0.244. The molecule has 1 heterocycles. The van der Waals surface area contributed by atoms with Crippen LogP contribution in [-0.4, -0.2) is 12.5 Å². The lowest BCUT2D eigenvalue weighted by Crippen LogP contribution is -2.24. The molecule has 0 radical (unpaired) electrons. The first-order valence-electron chi connectivity index (χ1n) is 5.85. The molecule has 2 rings (SSSR count). The van der Waals surface area contributed by atoms with Crippen molar-refractivity contribution in [2.24, 2.45) is 0 Å². The highest BCUT2D eigenvalue weighted by Crippen LogP contribution is 2.27. The number of nitrogens with one attached hydrogen (secondary N) is 1. The number of aryl methyl sites for hydroxylation is 1. The third kappa shape index (κ3) is 3.88. The Hall–Kier alpha value is -1.20. The molecule has 0 fully saturated rings. The van der Waals surface area contributed by atoms with Gasteiger partial charge in [-0.2, -0.15) is 0 Å². The van der Waals surface area contributed by atoms with Crippen molar-refractivity contribution in [3.63, 3.8) is 0 Å². The minimum Gasteiger partial charge on any atom is -0.351 e. The average molecular weight is 342 g/mol. The molecular weight excluding hydrogens is 329 g/mol. The summed E-state index contributed by atoms with van der Waals surface area (Å²) in [4.78, 5) is 12.6. The second kappa shape index (κ2) is 6.30. The molecule has 0 aliphatic heterocycles. The lowest BCUT2D eigenvalue weighted by atomic mass is 10.1. The third-order valence-corrected chi connectivity index (χ3v) is 4.83. The summed E-state index contributed by atoms with van der Waals surface area (Å²) in [6.45, 7) is 2.49. The summed E-state index contributed by atoms with van der Waals surface area (Å²) < 4.78 is 13.7. The fraction of sp³-hybridized carbons (Fsp3) is 0.214. The standard InChI is InChI=1S/C14H13BrFNOS/c1-9-8-12(19-13(9)15)14(18)17-7-6-10-2-4-11(16)5-3-10/h2-5,8H,6-7H2,1H3,(H,17,18). The van der Waals surface area contributed by atoms with Gasteiger partial charge in [-0.25, -0.2) is 4.39 Å². The van der Waals surface area contributed by atoms with Crippen molar-refractivity contribution < 1.29 is 9.18 Å². The number of rotatable bonds is 4. The van der Waals surface area contributed by atoms with E-state index in [9.17, 15) is 9.18 Å². The molecule has 0 bridgehead atoms. The smallest absolute Gasteiger partial charge is 0.261 e. The Kier molecular flexibility index (Phi) is 4.71. The van der Waals surface area contributed by atoms with E-state index in [0.29, 0.717) is 17.8 Å². The maximum Gasteiger partial charge on any atom is 0.261 e. The van der Waals surface area contributed by atoms with Gasteiger partial charge in [0.15, 0.2) is 0 Å².